The Balaban J connectivity index is 1.48. The molecule has 0 spiro atoms. The van der Waals surface area contributed by atoms with Crippen LogP contribution < -0.4 is 10.6 Å². The summed E-state index contributed by atoms with van der Waals surface area (Å²) in [5.74, 6) is 0.0711. The third-order valence-corrected chi connectivity index (χ3v) is 7.55. The van der Waals surface area contributed by atoms with E-state index < -0.39 is 0 Å². The van der Waals surface area contributed by atoms with Crippen LogP contribution in [-0.2, 0) is 27.2 Å². The second-order valence-electron chi connectivity index (χ2n) is 9.02. The average molecular weight is 487 g/mol. The molecular weight excluding hydrogens is 448 g/mol. The Labute approximate surface area is 207 Å². The molecule has 8 heteroatoms. The van der Waals surface area contributed by atoms with Crippen LogP contribution in [0.3, 0.4) is 0 Å². The van der Waals surface area contributed by atoms with Crippen molar-refractivity contribution >= 4 is 33.4 Å². The molecule has 2 atom stereocenters. The van der Waals surface area contributed by atoms with Crippen LogP contribution >= 0.6 is 11.3 Å². The van der Waals surface area contributed by atoms with E-state index in [9.17, 15) is 9.59 Å². The van der Waals surface area contributed by atoms with Crippen molar-refractivity contribution in [1.82, 2.24) is 20.5 Å². The number of aryl methyl sites for hydroxylation is 2. The van der Waals surface area contributed by atoms with E-state index in [1.807, 2.05) is 0 Å². The highest BCUT2D eigenvalue weighted by Crippen LogP contribution is 2.24. The van der Waals surface area contributed by atoms with E-state index in [0.717, 1.165) is 36.5 Å². The minimum absolute atomic E-state index is 0.0137. The van der Waals surface area contributed by atoms with Gasteiger partial charge in [0, 0.05) is 50.6 Å². The number of nitrogens with zero attached hydrogens (tertiary/aromatic N) is 2. The highest BCUT2D eigenvalue weighted by Gasteiger charge is 2.21. The normalized spacial score (nSPS) is 16.2. The summed E-state index contributed by atoms with van der Waals surface area (Å²) in [6, 6.07) is 6.23. The summed E-state index contributed by atoms with van der Waals surface area (Å²) in [6.07, 6.45) is 2.90. The lowest BCUT2D eigenvalue weighted by molar-refractivity contribution is -0.123. The van der Waals surface area contributed by atoms with Crippen molar-refractivity contribution in [2.45, 2.75) is 52.5 Å². The highest BCUT2D eigenvalue weighted by molar-refractivity contribution is 7.18. The standard InChI is InChI=1S/C26H38N4O3S/c1-5-18(3)22(16-27-26(32)19(4)17-30-11-13-33-14-12-30)28-24(31)9-10-25-29-21-8-7-20(6-2)15-23(21)34-25/h7-8,15,18,22H,4-6,9-14,16-17H2,1-3H3,(H,27,32)(H,28,31). The molecule has 0 aliphatic carbocycles. The van der Waals surface area contributed by atoms with Gasteiger partial charge in [-0.05, 0) is 30.0 Å². The molecule has 34 heavy (non-hydrogen) atoms. The summed E-state index contributed by atoms with van der Waals surface area (Å²) >= 11 is 1.66. The quantitative estimate of drug-likeness (QED) is 0.450. The highest BCUT2D eigenvalue weighted by atomic mass is 32.1. The summed E-state index contributed by atoms with van der Waals surface area (Å²) in [7, 11) is 0. The van der Waals surface area contributed by atoms with Crippen LogP contribution in [0.2, 0.25) is 0 Å². The Morgan fingerprint density at radius 1 is 1.26 bits per heavy atom. The fraction of sp³-hybridized carbons (Fsp3) is 0.577. The first kappa shape index (κ1) is 26.3. The second-order valence-corrected chi connectivity index (χ2v) is 10.1. The molecule has 7 nitrogen and oxygen atoms in total. The van der Waals surface area contributed by atoms with Crippen LogP contribution in [-0.4, -0.2) is 67.1 Å². The molecule has 1 aliphatic heterocycles. The molecule has 1 aromatic carbocycles. The van der Waals surface area contributed by atoms with E-state index in [2.05, 4.69) is 66.1 Å². The lowest BCUT2D eigenvalue weighted by atomic mass is 9.98. The summed E-state index contributed by atoms with van der Waals surface area (Å²) in [4.78, 5) is 32.1. The lowest BCUT2D eigenvalue weighted by Crippen LogP contribution is -2.48. The number of rotatable bonds is 12. The number of amides is 2. The molecule has 1 fully saturated rings. The van der Waals surface area contributed by atoms with Crippen LogP contribution in [0.4, 0.5) is 0 Å². The molecule has 2 heterocycles. The van der Waals surface area contributed by atoms with Crippen LogP contribution in [0.15, 0.2) is 30.4 Å². The molecule has 0 radical (unpaired) electrons. The maximum atomic E-state index is 12.7. The zero-order valence-electron chi connectivity index (χ0n) is 20.7. The monoisotopic (exact) mass is 486 g/mol. The van der Waals surface area contributed by atoms with Gasteiger partial charge in [0.05, 0.1) is 28.4 Å². The van der Waals surface area contributed by atoms with E-state index in [1.165, 1.54) is 10.3 Å². The van der Waals surface area contributed by atoms with Gasteiger partial charge in [0.15, 0.2) is 0 Å². The van der Waals surface area contributed by atoms with Crippen LogP contribution in [0.5, 0.6) is 0 Å². The van der Waals surface area contributed by atoms with Gasteiger partial charge in [-0.2, -0.15) is 0 Å². The SMILES string of the molecule is C=C(CN1CCOCC1)C(=O)NCC(NC(=O)CCc1nc2ccc(CC)cc2s1)C(C)CC. The number of ether oxygens (including phenoxy) is 1. The molecule has 1 aromatic heterocycles. The van der Waals surface area contributed by atoms with Crippen molar-refractivity contribution in [3.05, 3.63) is 40.9 Å². The first-order valence-corrected chi connectivity index (χ1v) is 13.1. The Kier molecular flexibility index (Phi) is 10.0. The van der Waals surface area contributed by atoms with Crippen molar-refractivity contribution in [3.8, 4) is 0 Å². The smallest absolute Gasteiger partial charge is 0.247 e. The predicted molar refractivity (Wildman–Crippen MR) is 138 cm³/mol. The fourth-order valence-electron chi connectivity index (χ4n) is 3.95. The van der Waals surface area contributed by atoms with Crippen molar-refractivity contribution in [3.63, 3.8) is 0 Å². The molecule has 0 bridgehead atoms. The number of benzene rings is 1. The number of hydrogen-bond donors (Lipinski definition) is 2. The lowest BCUT2D eigenvalue weighted by Gasteiger charge is -2.28. The molecule has 2 unspecified atom stereocenters. The zero-order chi connectivity index (χ0) is 24.5. The van der Waals surface area contributed by atoms with Gasteiger partial charge in [0.25, 0.3) is 0 Å². The van der Waals surface area contributed by atoms with Crippen molar-refractivity contribution < 1.29 is 14.3 Å². The summed E-state index contributed by atoms with van der Waals surface area (Å²) in [5.41, 5.74) is 2.83. The third-order valence-electron chi connectivity index (χ3n) is 6.47. The van der Waals surface area contributed by atoms with Crippen LogP contribution in [0.1, 0.15) is 44.2 Å². The molecule has 1 saturated heterocycles. The molecule has 3 rings (SSSR count). The number of hydrogen-bond acceptors (Lipinski definition) is 6. The number of nitrogens with one attached hydrogen (secondary N) is 2. The van der Waals surface area contributed by atoms with Gasteiger partial charge in [-0.3, -0.25) is 14.5 Å². The Morgan fingerprint density at radius 3 is 2.74 bits per heavy atom. The first-order valence-electron chi connectivity index (χ1n) is 12.3. The van der Waals surface area contributed by atoms with E-state index >= 15 is 0 Å². The molecule has 186 valence electrons. The fourth-order valence-corrected chi connectivity index (χ4v) is 4.98. The molecule has 2 N–H and O–H groups in total. The molecule has 2 aromatic rings. The summed E-state index contributed by atoms with van der Waals surface area (Å²) < 4.78 is 6.53. The Hall–Kier alpha value is -2.29. The van der Waals surface area contributed by atoms with Gasteiger partial charge >= 0.3 is 0 Å². The van der Waals surface area contributed by atoms with Gasteiger partial charge in [-0.15, -0.1) is 11.3 Å². The van der Waals surface area contributed by atoms with E-state index in [1.54, 1.807) is 11.3 Å². The maximum absolute atomic E-state index is 12.7. The summed E-state index contributed by atoms with van der Waals surface area (Å²) in [5, 5.41) is 7.08. The number of thiazole rings is 1. The van der Waals surface area contributed by atoms with Crippen molar-refractivity contribution in [1.29, 1.82) is 0 Å². The Morgan fingerprint density at radius 2 is 2.03 bits per heavy atom. The van der Waals surface area contributed by atoms with Gasteiger partial charge in [0.2, 0.25) is 11.8 Å². The third kappa shape index (κ3) is 7.61. The Bertz CT molecular complexity index is 984. The first-order chi connectivity index (χ1) is 16.4. The van der Waals surface area contributed by atoms with Crippen molar-refractivity contribution in [2.24, 2.45) is 5.92 Å². The zero-order valence-corrected chi connectivity index (χ0v) is 21.5. The summed E-state index contributed by atoms with van der Waals surface area (Å²) in [6.45, 7) is 14.2. The molecule has 1 aliphatic rings. The maximum Gasteiger partial charge on any atom is 0.247 e. The number of morpholine rings is 1. The van der Waals surface area contributed by atoms with E-state index in [0.29, 0.717) is 44.7 Å². The van der Waals surface area contributed by atoms with Crippen LogP contribution in [0, 0.1) is 5.92 Å². The number of carbonyl (C=O) groups excluding carboxylic acids is 2. The van der Waals surface area contributed by atoms with Gasteiger partial charge in [-0.25, -0.2) is 4.98 Å². The van der Waals surface area contributed by atoms with E-state index in [-0.39, 0.29) is 23.8 Å². The largest absolute Gasteiger partial charge is 0.379 e. The molecule has 0 saturated carbocycles. The van der Waals surface area contributed by atoms with Gasteiger partial charge in [-0.1, -0.05) is 39.8 Å². The minimum atomic E-state index is -0.157. The van der Waals surface area contributed by atoms with Gasteiger partial charge in [0.1, 0.15) is 0 Å². The number of aromatic nitrogens is 1. The minimum Gasteiger partial charge on any atom is -0.379 e. The second kappa shape index (κ2) is 13.0. The number of fused-ring (bicyclic) bond motifs is 1. The van der Waals surface area contributed by atoms with Gasteiger partial charge < -0.3 is 15.4 Å². The van der Waals surface area contributed by atoms with Crippen LogP contribution in [0.25, 0.3) is 10.2 Å². The topological polar surface area (TPSA) is 83.6 Å². The molecule has 2 amide bonds. The van der Waals surface area contributed by atoms with Crippen molar-refractivity contribution in [2.75, 3.05) is 39.4 Å². The number of carbonyl (C=O) groups is 2. The average Bonchev–Trinajstić information content (AvgIpc) is 3.27. The molecular formula is C26H38N4O3S. The predicted octanol–water partition coefficient (Wildman–Crippen LogP) is 3.33. The van der Waals surface area contributed by atoms with E-state index in [4.69, 9.17) is 4.74 Å².